The number of carboxylic acid groups (broad SMARTS) is 1. The molecule has 1 aromatic carbocycles. The molecule has 1 spiro atoms. The quantitative estimate of drug-likeness (QED) is 0.733. The van der Waals surface area contributed by atoms with Crippen LogP contribution in [-0.4, -0.2) is 77.9 Å². The maximum absolute atomic E-state index is 12.6. The predicted molar refractivity (Wildman–Crippen MR) is 112 cm³/mol. The number of halogens is 3. The second-order valence-corrected chi connectivity index (χ2v) is 8.92. The van der Waals surface area contributed by atoms with Crippen molar-refractivity contribution in [3.63, 3.8) is 0 Å². The van der Waals surface area contributed by atoms with E-state index in [0.717, 1.165) is 13.0 Å². The van der Waals surface area contributed by atoms with E-state index >= 15 is 0 Å². The number of hydrogen-bond acceptors (Lipinski definition) is 5. The molecule has 7 nitrogen and oxygen atoms in total. The summed E-state index contributed by atoms with van der Waals surface area (Å²) in [5.74, 6) is -2.12. The highest BCUT2D eigenvalue weighted by Gasteiger charge is 2.48. The number of alkyl halides is 3. The Kier molecular flexibility index (Phi) is 7.97. The molecule has 1 N–H and O–H groups in total. The van der Waals surface area contributed by atoms with Gasteiger partial charge in [-0.1, -0.05) is 12.5 Å². The van der Waals surface area contributed by atoms with Gasteiger partial charge in [0.15, 0.2) is 0 Å². The summed E-state index contributed by atoms with van der Waals surface area (Å²) in [6, 6.07) is 9.04. The number of nitrogens with zero attached hydrogens (tertiary/aromatic N) is 3. The molecule has 3 fully saturated rings. The summed E-state index contributed by atoms with van der Waals surface area (Å²) in [6.07, 6.45) is 1.21. The van der Waals surface area contributed by atoms with Crippen LogP contribution in [0.5, 0.6) is 0 Å². The van der Waals surface area contributed by atoms with Crippen molar-refractivity contribution in [2.45, 2.75) is 43.9 Å². The van der Waals surface area contributed by atoms with Gasteiger partial charge < -0.3 is 19.6 Å². The molecule has 1 amide bonds. The van der Waals surface area contributed by atoms with Crippen LogP contribution in [0.2, 0.25) is 0 Å². The summed E-state index contributed by atoms with van der Waals surface area (Å²) in [5.41, 5.74) is 0.999. The van der Waals surface area contributed by atoms with Gasteiger partial charge in [-0.05, 0) is 62.9 Å². The van der Waals surface area contributed by atoms with E-state index in [9.17, 15) is 18.0 Å². The Morgan fingerprint density at radius 2 is 1.88 bits per heavy atom. The monoisotopic (exact) mass is 467 g/mol. The lowest BCUT2D eigenvalue weighted by Crippen LogP contribution is -2.66. The topological polar surface area (TPSA) is 93.9 Å². The number of ether oxygens (including phenoxy) is 1. The van der Waals surface area contributed by atoms with Crippen LogP contribution >= 0.6 is 0 Å². The van der Waals surface area contributed by atoms with Crippen molar-refractivity contribution in [2.75, 3.05) is 39.3 Å². The van der Waals surface area contributed by atoms with Crippen molar-refractivity contribution in [2.24, 2.45) is 5.92 Å². The minimum atomic E-state index is -5.08. The molecule has 0 aliphatic carbocycles. The van der Waals surface area contributed by atoms with Crippen LogP contribution < -0.4 is 0 Å². The number of likely N-dealkylation sites (tertiary alicyclic amines) is 2. The molecule has 33 heavy (non-hydrogen) atoms. The van der Waals surface area contributed by atoms with Crippen molar-refractivity contribution in [3.8, 4) is 6.07 Å². The van der Waals surface area contributed by atoms with E-state index < -0.39 is 12.1 Å². The SMILES string of the molecule is N#Cc1cccc(C(=O)N2CC3(CCC(CN4CCCCC4)CO3)C2)c1.O=C(O)C(F)(F)F. The van der Waals surface area contributed by atoms with Crippen LogP contribution in [0.1, 0.15) is 48.0 Å². The summed E-state index contributed by atoms with van der Waals surface area (Å²) in [7, 11) is 0. The largest absolute Gasteiger partial charge is 0.490 e. The molecule has 0 saturated carbocycles. The number of carbonyl (C=O) groups is 2. The molecule has 1 aromatic rings. The Balaban J connectivity index is 0.000000383. The Morgan fingerprint density at radius 1 is 1.21 bits per heavy atom. The number of hydrogen-bond donors (Lipinski definition) is 1. The van der Waals surface area contributed by atoms with Gasteiger partial charge in [0, 0.05) is 12.1 Å². The smallest absolute Gasteiger partial charge is 0.475 e. The Hall–Kier alpha value is -2.64. The van der Waals surface area contributed by atoms with Crippen molar-refractivity contribution in [1.29, 1.82) is 5.26 Å². The molecular weight excluding hydrogens is 439 g/mol. The number of amides is 1. The highest BCUT2D eigenvalue weighted by molar-refractivity contribution is 5.95. The number of carboxylic acids is 1. The first-order valence-electron chi connectivity index (χ1n) is 11.1. The maximum Gasteiger partial charge on any atom is 0.490 e. The molecular formula is C23H28F3N3O4. The van der Waals surface area contributed by atoms with Crippen molar-refractivity contribution >= 4 is 11.9 Å². The van der Waals surface area contributed by atoms with Crippen LogP contribution in [-0.2, 0) is 9.53 Å². The average Bonchev–Trinajstić information content (AvgIpc) is 2.78. The fourth-order valence-corrected chi connectivity index (χ4v) is 4.52. The van der Waals surface area contributed by atoms with E-state index in [1.807, 2.05) is 4.90 Å². The molecule has 0 bridgehead atoms. The van der Waals surface area contributed by atoms with E-state index in [2.05, 4.69) is 11.0 Å². The third-order valence-electron chi connectivity index (χ3n) is 6.32. The standard InChI is InChI=1S/C21H27N3O2.C2HF3O2/c22-12-17-5-4-6-19(11-17)20(25)24-15-21(16-24)8-7-18(14-26-21)13-23-9-2-1-3-10-23;3-2(4,5)1(6)7/h4-6,11,18H,1-3,7-10,13-16H2;(H,6,7). The maximum atomic E-state index is 12.6. The first-order valence-corrected chi connectivity index (χ1v) is 11.1. The van der Waals surface area contributed by atoms with Crippen molar-refractivity contribution < 1.29 is 32.6 Å². The Bertz CT molecular complexity index is 878. The molecule has 10 heteroatoms. The minimum Gasteiger partial charge on any atom is -0.475 e. The first kappa shape index (κ1) is 25.0. The zero-order chi connectivity index (χ0) is 24.1. The van der Waals surface area contributed by atoms with E-state index in [-0.39, 0.29) is 11.5 Å². The van der Waals surface area contributed by atoms with E-state index in [4.69, 9.17) is 19.9 Å². The molecule has 3 aliphatic heterocycles. The van der Waals surface area contributed by atoms with Gasteiger partial charge in [-0.3, -0.25) is 4.79 Å². The Labute approximate surface area is 190 Å². The van der Waals surface area contributed by atoms with Crippen LogP contribution in [0.25, 0.3) is 0 Å². The number of benzene rings is 1. The van der Waals surface area contributed by atoms with E-state index in [0.29, 0.717) is 30.1 Å². The van der Waals surface area contributed by atoms with Crippen LogP contribution in [0.3, 0.4) is 0 Å². The highest BCUT2D eigenvalue weighted by atomic mass is 19.4. The number of piperidine rings is 1. The first-order chi connectivity index (χ1) is 15.6. The third-order valence-corrected chi connectivity index (χ3v) is 6.32. The number of nitriles is 1. The van der Waals surface area contributed by atoms with Crippen LogP contribution in [0.4, 0.5) is 13.2 Å². The number of aliphatic carboxylic acids is 1. The summed E-state index contributed by atoms with van der Waals surface area (Å²) in [4.78, 5) is 25.9. The number of carbonyl (C=O) groups excluding carboxylic acids is 1. The zero-order valence-corrected chi connectivity index (χ0v) is 18.3. The van der Waals surface area contributed by atoms with Crippen molar-refractivity contribution in [1.82, 2.24) is 9.80 Å². The molecule has 3 heterocycles. The molecule has 3 aliphatic rings. The minimum absolute atomic E-state index is 0.00626. The normalized spacial score (nSPS) is 22.5. The average molecular weight is 467 g/mol. The summed E-state index contributed by atoms with van der Waals surface area (Å²) in [6.45, 7) is 5.83. The molecule has 1 unspecified atom stereocenters. The lowest BCUT2D eigenvalue weighted by molar-refractivity contribution is -0.192. The summed E-state index contributed by atoms with van der Waals surface area (Å²) < 4.78 is 38.0. The van der Waals surface area contributed by atoms with Gasteiger partial charge in [-0.15, -0.1) is 0 Å². The zero-order valence-electron chi connectivity index (χ0n) is 18.3. The fraction of sp³-hybridized carbons (Fsp3) is 0.609. The molecule has 180 valence electrons. The molecule has 3 saturated heterocycles. The Morgan fingerprint density at radius 3 is 2.42 bits per heavy atom. The van der Waals surface area contributed by atoms with Crippen molar-refractivity contribution in [3.05, 3.63) is 35.4 Å². The fourth-order valence-electron chi connectivity index (χ4n) is 4.52. The van der Waals surface area contributed by atoms with Gasteiger partial charge >= 0.3 is 12.1 Å². The summed E-state index contributed by atoms with van der Waals surface area (Å²) >= 11 is 0. The van der Waals surface area contributed by atoms with E-state index in [1.54, 1.807) is 24.3 Å². The lowest BCUT2D eigenvalue weighted by Gasteiger charge is -2.53. The lowest BCUT2D eigenvalue weighted by atomic mass is 9.82. The molecule has 1 atom stereocenters. The molecule has 0 aromatic heterocycles. The molecule has 4 rings (SSSR count). The van der Waals surface area contributed by atoms with Gasteiger partial charge in [0.1, 0.15) is 5.60 Å². The molecule has 0 radical (unpaired) electrons. The van der Waals surface area contributed by atoms with Crippen LogP contribution in [0.15, 0.2) is 24.3 Å². The van der Waals surface area contributed by atoms with Gasteiger partial charge in [0.05, 0.1) is 31.3 Å². The van der Waals surface area contributed by atoms with Crippen LogP contribution in [0, 0.1) is 17.2 Å². The van der Waals surface area contributed by atoms with Gasteiger partial charge in [0.25, 0.3) is 5.91 Å². The second-order valence-electron chi connectivity index (χ2n) is 8.92. The van der Waals surface area contributed by atoms with Gasteiger partial charge in [-0.2, -0.15) is 18.4 Å². The van der Waals surface area contributed by atoms with E-state index in [1.165, 1.54) is 45.3 Å². The number of rotatable bonds is 3. The summed E-state index contributed by atoms with van der Waals surface area (Å²) in [5, 5.41) is 16.1. The van der Waals surface area contributed by atoms with Gasteiger partial charge in [-0.25, -0.2) is 4.79 Å². The highest BCUT2D eigenvalue weighted by Crippen LogP contribution is 2.37. The second kappa shape index (κ2) is 10.5. The third kappa shape index (κ3) is 6.68. The predicted octanol–water partition coefficient (Wildman–Crippen LogP) is 3.30. The van der Waals surface area contributed by atoms with Gasteiger partial charge in [0.2, 0.25) is 0 Å².